The molecule has 116 valence electrons. The van der Waals surface area contributed by atoms with Crippen molar-refractivity contribution in [1.82, 2.24) is 20.2 Å². The Labute approximate surface area is 125 Å². The van der Waals surface area contributed by atoms with Crippen LogP contribution < -0.4 is 10.9 Å². The van der Waals surface area contributed by atoms with Crippen LogP contribution in [0.1, 0.15) is 44.1 Å². The Balaban J connectivity index is 1.89. The molecule has 6 nitrogen and oxygen atoms in total. The van der Waals surface area contributed by atoms with E-state index in [-0.39, 0.29) is 17.5 Å². The van der Waals surface area contributed by atoms with Crippen LogP contribution >= 0.6 is 0 Å². The summed E-state index contributed by atoms with van der Waals surface area (Å²) in [6, 6.07) is 1.29. The minimum atomic E-state index is -0.188. The second-order valence-electron chi connectivity index (χ2n) is 5.67. The molecule has 0 bridgehead atoms. The molecule has 1 aromatic rings. The number of amides is 1. The van der Waals surface area contributed by atoms with E-state index >= 15 is 0 Å². The number of carbonyl (C=O) groups is 1. The number of hydrogen-bond donors (Lipinski definition) is 2. The van der Waals surface area contributed by atoms with E-state index in [0.29, 0.717) is 18.1 Å². The van der Waals surface area contributed by atoms with Gasteiger partial charge in [0, 0.05) is 6.07 Å². The second kappa shape index (κ2) is 7.36. The van der Waals surface area contributed by atoms with Gasteiger partial charge in [0.05, 0.1) is 18.3 Å². The van der Waals surface area contributed by atoms with Gasteiger partial charge >= 0.3 is 0 Å². The average Bonchev–Trinajstić information content (AvgIpc) is 2.72. The van der Waals surface area contributed by atoms with Gasteiger partial charge < -0.3 is 10.3 Å². The molecule has 0 radical (unpaired) electrons. The van der Waals surface area contributed by atoms with Gasteiger partial charge in [-0.15, -0.1) is 0 Å². The van der Waals surface area contributed by atoms with Crippen LogP contribution in [0.25, 0.3) is 0 Å². The number of hydrogen-bond acceptors (Lipinski definition) is 4. The number of nitrogens with one attached hydrogen (secondary N) is 2. The molecule has 1 aliphatic heterocycles. The zero-order valence-corrected chi connectivity index (χ0v) is 12.8. The summed E-state index contributed by atoms with van der Waals surface area (Å²) in [4.78, 5) is 32.6. The van der Waals surface area contributed by atoms with Crippen molar-refractivity contribution in [3.63, 3.8) is 0 Å². The molecule has 1 fully saturated rings. The SMILES string of the molecule is Cc1nc(CNC(=O)[C@@H](C)N2CCCCCC2)cc(=O)[nH]1. The minimum absolute atomic E-state index is 0.00312. The molecule has 0 aliphatic carbocycles. The predicted molar refractivity (Wildman–Crippen MR) is 80.9 cm³/mol. The summed E-state index contributed by atoms with van der Waals surface area (Å²) in [6.07, 6.45) is 4.82. The van der Waals surface area contributed by atoms with Crippen LogP contribution in [0, 0.1) is 6.92 Å². The van der Waals surface area contributed by atoms with Crippen molar-refractivity contribution in [3.05, 3.63) is 27.9 Å². The van der Waals surface area contributed by atoms with Crippen LogP contribution in [-0.4, -0.2) is 39.9 Å². The number of rotatable bonds is 4. The fourth-order valence-electron chi connectivity index (χ4n) is 2.71. The maximum atomic E-state index is 12.2. The van der Waals surface area contributed by atoms with E-state index in [0.717, 1.165) is 25.9 Å². The van der Waals surface area contributed by atoms with Gasteiger partial charge in [0.1, 0.15) is 5.82 Å². The molecule has 21 heavy (non-hydrogen) atoms. The van der Waals surface area contributed by atoms with Crippen LogP contribution in [0.5, 0.6) is 0 Å². The Morgan fingerprint density at radius 3 is 2.67 bits per heavy atom. The fourth-order valence-corrected chi connectivity index (χ4v) is 2.71. The summed E-state index contributed by atoms with van der Waals surface area (Å²) in [7, 11) is 0. The molecule has 0 unspecified atom stereocenters. The highest BCUT2D eigenvalue weighted by molar-refractivity contribution is 5.81. The number of aromatic amines is 1. The molecule has 1 aliphatic rings. The van der Waals surface area contributed by atoms with E-state index in [1.165, 1.54) is 18.9 Å². The van der Waals surface area contributed by atoms with Gasteiger partial charge in [0.2, 0.25) is 5.91 Å². The summed E-state index contributed by atoms with van der Waals surface area (Å²) in [6.45, 7) is 5.93. The second-order valence-corrected chi connectivity index (χ2v) is 5.67. The van der Waals surface area contributed by atoms with Crippen molar-refractivity contribution in [2.24, 2.45) is 0 Å². The van der Waals surface area contributed by atoms with E-state index in [1.807, 2.05) is 6.92 Å². The van der Waals surface area contributed by atoms with Crippen LogP contribution in [-0.2, 0) is 11.3 Å². The third kappa shape index (κ3) is 4.67. The van der Waals surface area contributed by atoms with Gasteiger partial charge in [-0.1, -0.05) is 12.8 Å². The Hall–Kier alpha value is -1.69. The number of aryl methyl sites for hydroxylation is 1. The molecule has 0 saturated carbocycles. The highest BCUT2D eigenvalue weighted by Crippen LogP contribution is 2.12. The smallest absolute Gasteiger partial charge is 0.251 e. The molecule has 1 amide bonds. The fraction of sp³-hybridized carbons (Fsp3) is 0.667. The first-order valence-electron chi connectivity index (χ1n) is 7.65. The molecule has 2 N–H and O–H groups in total. The highest BCUT2D eigenvalue weighted by atomic mass is 16.2. The summed E-state index contributed by atoms with van der Waals surface area (Å²) in [5, 5.41) is 2.87. The number of nitrogens with zero attached hydrogens (tertiary/aromatic N) is 2. The van der Waals surface area contributed by atoms with Gasteiger partial charge in [-0.2, -0.15) is 0 Å². The van der Waals surface area contributed by atoms with Crippen molar-refractivity contribution < 1.29 is 4.79 Å². The van der Waals surface area contributed by atoms with Crippen LogP contribution in [0.2, 0.25) is 0 Å². The quantitative estimate of drug-likeness (QED) is 0.866. The van der Waals surface area contributed by atoms with E-state index in [2.05, 4.69) is 20.2 Å². The standard InChI is InChI=1S/C15H24N4O2/c1-11(19-7-5-3-4-6-8-19)15(21)16-10-13-9-14(20)18-12(2)17-13/h9,11H,3-8,10H2,1-2H3,(H,16,21)(H,17,18,20)/t11-/m1/s1. The first-order valence-corrected chi connectivity index (χ1v) is 7.65. The number of carbonyl (C=O) groups excluding carboxylic acids is 1. The lowest BCUT2D eigenvalue weighted by atomic mass is 10.2. The van der Waals surface area contributed by atoms with Crippen LogP contribution in [0.15, 0.2) is 10.9 Å². The molecular formula is C15H24N4O2. The van der Waals surface area contributed by atoms with Gasteiger partial charge in [-0.05, 0) is 39.8 Å². The topological polar surface area (TPSA) is 78.1 Å². The van der Waals surface area contributed by atoms with Gasteiger partial charge in [-0.25, -0.2) is 4.98 Å². The molecule has 0 aromatic carbocycles. The molecule has 1 aromatic heterocycles. The highest BCUT2D eigenvalue weighted by Gasteiger charge is 2.21. The van der Waals surface area contributed by atoms with Crippen molar-refractivity contribution in [1.29, 1.82) is 0 Å². The Kier molecular flexibility index (Phi) is 5.50. The van der Waals surface area contributed by atoms with Crippen molar-refractivity contribution in [2.75, 3.05) is 13.1 Å². The van der Waals surface area contributed by atoms with Crippen molar-refractivity contribution >= 4 is 5.91 Å². The van der Waals surface area contributed by atoms with Gasteiger partial charge in [-0.3, -0.25) is 14.5 Å². The van der Waals surface area contributed by atoms with Gasteiger partial charge in [0.25, 0.3) is 5.56 Å². The van der Waals surface area contributed by atoms with E-state index in [1.54, 1.807) is 6.92 Å². The summed E-state index contributed by atoms with van der Waals surface area (Å²) >= 11 is 0. The lowest BCUT2D eigenvalue weighted by molar-refractivity contribution is -0.126. The van der Waals surface area contributed by atoms with Crippen molar-refractivity contribution in [2.45, 2.75) is 52.1 Å². The lowest BCUT2D eigenvalue weighted by Gasteiger charge is -2.26. The monoisotopic (exact) mass is 292 g/mol. The summed E-state index contributed by atoms with van der Waals surface area (Å²) in [5.41, 5.74) is 0.403. The maximum Gasteiger partial charge on any atom is 0.251 e. The number of likely N-dealkylation sites (tertiary alicyclic amines) is 1. The van der Waals surface area contributed by atoms with Crippen LogP contribution in [0.4, 0.5) is 0 Å². The van der Waals surface area contributed by atoms with Crippen molar-refractivity contribution in [3.8, 4) is 0 Å². The Morgan fingerprint density at radius 1 is 1.38 bits per heavy atom. The molecular weight excluding hydrogens is 268 g/mol. The molecule has 2 rings (SSSR count). The normalized spacial score (nSPS) is 18.0. The first-order chi connectivity index (χ1) is 10.1. The molecule has 0 spiro atoms. The third-order valence-corrected chi connectivity index (χ3v) is 3.92. The minimum Gasteiger partial charge on any atom is -0.349 e. The largest absolute Gasteiger partial charge is 0.349 e. The number of H-pyrrole nitrogens is 1. The molecule has 2 heterocycles. The average molecular weight is 292 g/mol. The molecule has 1 atom stereocenters. The molecule has 1 saturated heterocycles. The third-order valence-electron chi connectivity index (χ3n) is 3.92. The van der Waals surface area contributed by atoms with Gasteiger partial charge in [0.15, 0.2) is 0 Å². The summed E-state index contributed by atoms with van der Waals surface area (Å²) in [5.74, 6) is 0.559. The predicted octanol–water partition coefficient (Wildman–Crippen LogP) is 0.959. The van der Waals surface area contributed by atoms with E-state index in [4.69, 9.17) is 0 Å². The zero-order valence-electron chi connectivity index (χ0n) is 12.8. The maximum absolute atomic E-state index is 12.2. The molecule has 6 heteroatoms. The number of aromatic nitrogens is 2. The zero-order chi connectivity index (χ0) is 15.2. The van der Waals surface area contributed by atoms with E-state index in [9.17, 15) is 9.59 Å². The summed E-state index contributed by atoms with van der Waals surface area (Å²) < 4.78 is 0. The van der Waals surface area contributed by atoms with E-state index < -0.39 is 0 Å². The Morgan fingerprint density at radius 2 is 2.05 bits per heavy atom. The Bertz CT molecular complexity index is 533. The van der Waals surface area contributed by atoms with Crippen LogP contribution in [0.3, 0.4) is 0 Å². The lowest BCUT2D eigenvalue weighted by Crippen LogP contribution is -2.45. The first kappa shape index (κ1) is 15.7.